The highest BCUT2D eigenvalue weighted by Crippen LogP contribution is 2.14. The van der Waals surface area contributed by atoms with Crippen molar-refractivity contribution in [3.63, 3.8) is 0 Å². The molecular weight excluding hydrogens is 182 g/mol. The van der Waals surface area contributed by atoms with Crippen LogP contribution in [0.5, 0.6) is 0 Å². The van der Waals surface area contributed by atoms with Crippen LogP contribution in [0.4, 0.5) is 0 Å². The van der Waals surface area contributed by atoms with E-state index in [-0.39, 0.29) is 11.3 Å². The van der Waals surface area contributed by atoms with Crippen LogP contribution in [-0.4, -0.2) is 35.5 Å². The number of amides is 1. The summed E-state index contributed by atoms with van der Waals surface area (Å²) in [5.41, 5.74) is 0.0154. The summed E-state index contributed by atoms with van der Waals surface area (Å²) in [5, 5.41) is 8.32. The van der Waals surface area contributed by atoms with Gasteiger partial charge in [-0.05, 0) is 5.41 Å². The number of carbonyl (C=O) groups is 2. The quantitative estimate of drug-likeness (QED) is 0.693. The Morgan fingerprint density at radius 3 is 2.14 bits per heavy atom. The topological polar surface area (TPSA) is 57.6 Å². The predicted molar refractivity (Wildman–Crippen MR) is 53.9 cm³/mol. The maximum atomic E-state index is 11.3. The molecule has 0 aromatic rings. The highest BCUT2D eigenvalue weighted by atomic mass is 16.4. The van der Waals surface area contributed by atoms with Crippen LogP contribution >= 0.6 is 0 Å². The average molecular weight is 199 g/mol. The standard InChI is InChI=1S/C10H17NO3/c1-10(2,3)7-11(4)8(12)5-6-9(13)14/h5-6H,7H2,1-4H3,(H,13,14). The SMILES string of the molecule is CN(CC(C)(C)C)C(=O)C=CC(=O)O. The zero-order chi connectivity index (χ0) is 11.4. The summed E-state index contributed by atoms with van der Waals surface area (Å²) in [6, 6.07) is 0. The number of rotatable bonds is 3. The molecule has 0 bridgehead atoms. The van der Waals surface area contributed by atoms with E-state index >= 15 is 0 Å². The first-order chi connectivity index (χ1) is 6.22. The summed E-state index contributed by atoms with van der Waals surface area (Å²) in [7, 11) is 1.65. The highest BCUT2D eigenvalue weighted by molar-refractivity contribution is 5.93. The minimum Gasteiger partial charge on any atom is -0.478 e. The van der Waals surface area contributed by atoms with Gasteiger partial charge in [0.05, 0.1) is 0 Å². The zero-order valence-corrected chi connectivity index (χ0v) is 9.07. The summed E-state index contributed by atoms with van der Waals surface area (Å²) in [5.74, 6) is -1.40. The van der Waals surface area contributed by atoms with Crippen LogP contribution < -0.4 is 0 Å². The van der Waals surface area contributed by atoms with Gasteiger partial charge in [0.2, 0.25) is 5.91 Å². The Morgan fingerprint density at radius 2 is 1.79 bits per heavy atom. The van der Waals surface area contributed by atoms with Crippen LogP contribution in [0, 0.1) is 5.41 Å². The number of carbonyl (C=O) groups excluding carboxylic acids is 1. The van der Waals surface area contributed by atoms with Crippen molar-refractivity contribution in [3.05, 3.63) is 12.2 Å². The summed E-state index contributed by atoms with van der Waals surface area (Å²) < 4.78 is 0. The maximum Gasteiger partial charge on any atom is 0.328 e. The largest absolute Gasteiger partial charge is 0.478 e. The first kappa shape index (κ1) is 12.7. The first-order valence-corrected chi connectivity index (χ1v) is 4.38. The predicted octanol–water partition coefficient (Wildman–Crippen LogP) is 1.13. The molecule has 80 valence electrons. The fourth-order valence-corrected chi connectivity index (χ4v) is 1.06. The number of aliphatic carboxylic acids is 1. The number of hydrogen-bond acceptors (Lipinski definition) is 2. The lowest BCUT2D eigenvalue weighted by atomic mass is 9.96. The maximum absolute atomic E-state index is 11.3. The Kier molecular flexibility index (Phi) is 4.34. The molecule has 0 unspecified atom stereocenters. The van der Waals surface area contributed by atoms with E-state index in [9.17, 15) is 9.59 Å². The number of hydrogen-bond donors (Lipinski definition) is 1. The van der Waals surface area contributed by atoms with Gasteiger partial charge in [-0.2, -0.15) is 0 Å². The highest BCUT2D eigenvalue weighted by Gasteiger charge is 2.15. The van der Waals surface area contributed by atoms with Gasteiger partial charge in [-0.1, -0.05) is 20.8 Å². The van der Waals surface area contributed by atoms with E-state index in [1.807, 2.05) is 20.8 Å². The van der Waals surface area contributed by atoms with Gasteiger partial charge in [-0.15, -0.1) is 0 Å². The lowest BCUT2D eigenvalue weighted by molar-refractivity contribution is -0.132. The average Bonchev–Trinajstić information content (AvgIpc) is 1.96. The van der Waals surface area contributed by atoms with Crippen LogP contribution in [0.25, 0.3) is 0 Å². The summed E-state index contributed by atoms with van der Waals surface area (Å²) in [4.78, 5) is 23.0. The Morgan fingerprint density at radius 1 is 1.29 bits per heavy atom. The van der Waals surface area contributed by atoms with Crippen molar-refractivity contribution in [1.82, 2.24) is 4.90 Å². The van der Waals surface area contributed by atoms with Gasteiger partial charge in [0, 0.05) is 25.7 Å². The molecule has 0 aliphatic heterocycles. The van der Waals surface area contributed by atoms with E-state index in [0.717, 1.165) is 12.2 Å². The molecule has 0 aliphatic carbocycles. The monoisotopic (exact) mass is 199 g/mol. The summed E-state index contributed by atoms with van der Waals surface area (Å²) in [6.07, 6.45) is 1.91. The molecule has 1 amide bonds. The van der Waals surface area contributed by atoms with E-state index in [1.165, 1.54) is 4.90 Å². The molecule has 0 aromatic carbocycles. The number of carboxylic acid groups (broad SMARTS) is 1. The molecule has 0 saturated carbocycles. The van der Waals surface area contributed by atoms with E-state index < -0.39 is 5.97 Å². The van der Waals surface area contributed by atoms with Crippen LogP contribution in [0.3, 0.4) is 0 Å². The molecule has 4 heteroatoms. The van der Waals surface area contributed by atoms with Gasteiger partial charge in [0.25, 0.3) is 0 Å². The van der Waals surface area contributed by atoms with Crippen molar-refractivity contribution in [2.24, 2.45) is 5.41 Å². The number of carboxylic acids is 1. The minimum absolute atomic E-state index is 0.0154. The van der Waals surface area contributed by atoms with Crippen molar-refractivity contribution < 1.29 is 14.7 Å². The molecule has 0 fully saturated rings. The summed E-state index contributed by atoms with van der Waals surface area (Å²) >= 11 is 0. The normalized spacial score (nSPS) is 11.7. The van der Waals surface area contributed by atoms with Gasteiger partial charge in [0.1, 0.15) is 0 Å². The van der Waals surface area contributed by atoms with Crippen molar-refractivity contribution in [1.29, 1.82) is 0 Å². The molecule has 0 atom stereocenters. The molecule has 4 nitrogen and oxygen atoms in total. The van der Waals surface area contributed by atoms with Crippen molar-refractivity contribution in [2.75, 3.05) is 13.6 Å². The zero-order valence-electron chi connectivity index (χ0n) is 9.07. The Hall–Kier alpha value is -1.32. The molecule has 0 rings (SSSR count). The second-order valence-electron chi connectivity index (χ2n) is 4.43. The lowest BCUT2D eigenvalue weighted by Crippen LogP contribution is -2.33. The molecule has 0 radical (unpaired) electrons. The second kappa shape index (κ2) is 4.79. The Labute approximate surface area is 84.2 Å². The Bertz CT molecular complexity index is 251. The third-order valence-corrected chi connectivity index (χ3v) is 1.46. The second-order valence-corrected chi connectivity index (χ2v) is 4.43. The molecular formula is C10H17NO3. The molecule has 14 heavy (non-hydrogen) atoms. The van der Waals surface area contributed by atoms with Crippen LogP contribution in [0.15, 0.2) is 12.2 Å². The van der Waals surface area contributed by atoms with Gasteiger partial charge in [-0.25, -0.2) is 4.79 Å². The number of nitrogens with zero attached hydrogens (tertiary/aromatic N) is 1. The van der Waals surface area contributed by atoms with Gasteiger partial charge in [0.15, 0.2) is 0 Å². The van der Waals surface area contributed by atoms with E-state index in [4.69, 9.17) is 5.11 Å². The van der Waals surface area contributed by atoms with Crippen molar-refractivity contribution in [2.45, 2.75) is 20.8 Å². The van der Waals surface area contributed by atoms with E-state index in [1.54, 1.807) is 7.05 Å². The lowest BCUT2D eigenvalue weighted by Gasteiger charge is -2.25. The van der Waals surface area contributed by atoms with Crippen molar-refractivity contribution in [3.8, 4) is 0 Å². The fraction of sp³-hybridized carbons (Fsp3) is 0.600. The Balaban J connectivity index is 4.20. The molecule has 0 saturated heterocycles. The van der Waals surface area contributed by atoms with Crippen LogP contribution in [0.1, 0.15) is 20.8 Å². The van der Waals surface area contributed by atoms with Crippen LogP contribution in [0.2, 0.25) is 0 Å². The van der Waals surface area contributed by atoms with Crippen molar-refractivity contribution >= 4 is 11.9 Å². The smallest absolute Gasteiger partial charge is 0.328 e. The van der Waals surface area contributed by atoms with Gasteiger partial charge in [-0.3, -0.25) is 4.79 Å². The van der Waals surface area contributed by atoms with Gasteiger partial charge < -0.3 is 10.0 Å². The third kappa shape index (κ3) is 6.22. The third-order valence-electron chi connectivity index (χ3n) is 1.46. The van der Waals surface area contributed by atoms with Crippen LogP contribution in [-0.2, 0) is 9.59 Å². The molecule has 1 N–H and O–H groups in total. The molecule has 0 aliphatic rings. The van der Waals surface area contributed by atoms with E-state index in [2.05, 4.69) is 0 Å². The fourth-order valence-electron chi connectivity index (χ4n) is 1.06. The molecule has 0 aromatic heterocycles. The number of likely N-dealkylation sites (N-methyl/N-ethyl adjacent to an activating group) is 1. The van der Waals surface area contributed by atoms with Gasteiger partial charge >= 0.3 is 5.97 Å². The minimum atomic E-state index is -1.11. The molecule has 0 heterocycles. The first-order valence-electron chi connectivity index (χ1n) is 4.38. The summed E-state index contributed by atoms with van der Waals surface area (Å²) in [6.45, 7) is 6.63. The van der Waals surface area contributed by atoms with E-state index in [0.29, 0.717) is 6.54 Å². The molecule has 0 spiro atoms.